The van der Waals surface area contributed by atoms with Gasteiger partial charge in [0.1, 0.15) is 5.60 Å². The Bertz CT molecular complexity index is 740. The first kappa shape index (κ1) is 50.9. The second-order valence-corrected chi connectivity index (χ2v) is 16.3. The van der Waals surface area contributed by atoms with Gasteiger partial charge in [0.05, 0.1) is 6.61 Å². The van der Waals surface area contributed by atoms with E-state index >= 15 is 0 Å². The monoisotopic (exact) mass is 736 g/mol. The van der Waals surface area contributed by atoms with Crippen molar-refractivity contribution in [2.45, 2.75) is 265 Å². The molecule has 310 valence electrons. The topological polar surface area (TPSA) is 55.8 Å². The third-order valence-electron chi connectivity index (χ3n) is 11.2. The van der Waals surface area contributed by atoms with Crippen molar-refractivity contribution in [2.24, 2.45) is 0 Å². The van der Waals surface area contributed by atoms with Gasteiger partial charge in [-0.15, -0.1) is 0 Å². The maximum Gasteiger partial charge on any atom is 0.306 e. The molecule has 0 saturated heterocycles. The molecule has 0 aromatic rings. The summed E-state index contributed by atoms with van der Waals surface area (Å²) in [6, 6.07) is 0. The van der Waals surface area contributed by atoms with Crippen LogP contribution in [0.25, 0.3) is 0 Å². The van der Waals surface area contributed by atoms with Crippen molar-refractivity contribution < 1.29 is 19.1 Å². The summed E-state index contributed by atoms with van der Waals surface area (Å²) in [5.41, 5.74) is -0.240. The van der Waals surface area contributed by atoms with E-state index in [4.69, 9.17) is 9.47 Å². The van der Waals surface area contributed by atoms with Crippen molar-refractivity contribution in [3.63, 3.8) is 0 Å². The molecule has 52 heavy (non-hydrogen) atoms. The second kappa shape index (κ2) is 39.6. The van der Waals surface area contributed by atoms with Gasteiger partial charge in [0.2, 0.25) is 0 Å². The first-order valence-electron chi connectivity index (χ1n) is 23.6. The molecule has 0 saturated carbocycles. The van der Waals surface area contributed by atoms with E-state index in [1.807, 2.05) is 0 Å². The standard InChI is InChI=1S/C47H93NO4/c1-6-11-14-17-20-29-36-44-51-45(49)37-30-23-21-27-34-42-48(41-9-4)43-35-28-22-24-31-38-46(50)52-47(10-5,39-32-25-18-15-12-7-2)40-33-26-19-16-13-8-3/h6-44H2,1-5H3. The lowest BCUT2D eigenvalue weighted by Crippen LogP contribution is -2.34. The lowest BCUT2D eigenvalue weighted by atomic mass is 9.87. The van der Waals surface area contributed by atoms with Gasteiger partial charge in [-0.2, -0.15) is 0 Å². The normalized spacial score (nSPS) is 11.8. The average Bonchev–Trinajstić information content (AvgIpc) is 3.14. The van der Waals surface area contributed by atoms with Gasteiger partial charge >= 0.3 is 11.9 Å². The van der Waals surface area contributed by atoms with Crippen molar-refractivity contribution in [1.29, 1.82) is 0 Å². The van der Waals surface area contributed by atoms with Crippen LogP contribution >= 0.6 is 0 Å². The Balaban J connectivity index is 4.13. The Morgan fingerprint density at radius 2 is 0.788 bits per heavy atom. The number of carbonyl (C=O) groups is 2. The van der Waals surface area contributed by atoms with Crippen LogP contribution in [0.3, 0.4) is 0 Å². The van der Waals surface area contributed by atoms with Crippen LogP contribution in [0.2, 0.25) is 0 Å². The minimum absolute atomic E-state index is 0.00355. The smallest absolute Gasteiger partial charge is 0.306 e. The molecule has 5 heteroatoms. The van der Waals surface area contributed by atoms with E-state index in [9.17, 15) is 9.59 Å². The maximum absolute atomic E-state index is 13.1. The number of carbonyl (C=O) groups excluding carboxylic acids is 2. The highest BCUT2D eigenvalue weighted by atomic mass is 16.6. The molecule has 0 aliphatic carbocycles. The van der Waals surface area contributed by atoms with Crippen LogP contribution in [0, 0.1) is 0 Å². The van der Waals surface area contributed by atoms with E-state index in [2.05, 4.69) is 39.5 Å². The van der Waals surface area contributed by atoms with Gasteiger partial charge in [-0.05, 0) is 90.3 Å². The minimum atomic E-state index is -0.240. The van der Waals surface area contributed by atoms with Gasteiger partial charge in [0.15, 0.2) is 0 Å². The lowest BCUT2D eigenvalue weighted by molar-refractivity contribution is -0.162. The molecule has 0 aromatic heterocycles. The van der Waals surface area contributed by atoms with E-state index < -0.39 is 0 Å². The molecule has 0 radical (unpaired) electrons. The van der Waals surface area contributed by atoms with Crippen LogP contribution in [-0.4, -0.2) is 48.7 Å². The van der Waals surface area contributed by atoms with Gasteiger partial charge in [-0.25, -0.2) is 0 Å². The summed E-state index contributed by atoms with van der Waals surface area (Å²) < 4.78 is 11.8. The number of rotatable bonds is 42. The summed E-state index contributed by atoms with van der Waals surface area (Å²) in [5.74, 6) is 0.0443. The molecule has 0 atom stereocenters. The summed E-state index contributed by atoms with van der Waals surface area (Å²) in [5, 5.41) is 0. The molecule has 0 fully saturated rings. The minimum Gasteiger partial charge on any atom is -0.466 e. The predicted molar refractivity (Wildman–Crippen MR) is 226 cm³/mol. The fraction of sp³-hybridized carbons (Fsp3) is 0.957. The molecule has 0 unspecified atom stereocenters. The number of esters is 2. The molecular weight excluding hydrogens is 643 g/mol. The van der Waals surface area contributed by atoms with Crippen LogP contribution < -0.4 is 0 Å². The number of unbranched alkanes of at least 4 members (excludes halogenated alkanes) is 24. The maximum atomic E-state index is 13.1. The van der Waals surface area contributed by atoms with E-state index in [0.717, 1.165) is 51.4 Å². The zero-order valence-electron chi connectivity index (χ0n) is 36.2. The second-order valence-electron chi connectivity index (χ2n) is 16.3. The fourth-order valence-electron chi connectivity index (χ4n) is 7.64. The molecule has 5 nitrogen and oxygen atoms in total. The lowest BCUT2D eigenvalue weighted by Gasteiger charge is -2.33. The molecule has 0 aliphatic heterocycles. The van der Waals surface area contributed by atoms with Crippen LogP contribution in [0.1, 0.15) is 259 Å². The van der Waals surface area contributed by atoms with Crippen LogP contribution in [0.5, 0.6) is 0 Å². The summed E-state index contributed by atoms with van der Waals surface area (Å²) in [6.45, 7) is 15.5. The summed E-state index contributed by atoms with van der Waals surface area (Å²) in [6.07, 6.45) is 41.2. The highest BCUT2D eigenvalue weighted by Crippen LogP contribution is 2.31. The molecular formula is C47H93NO4. The Morgan fingerprint density at radius 3 is 1.23 bits per heavy atom. The van der Waals surface area contributed by atoms with Gasteiger partial charge in [0.25, 0.3) is 0 Å². The zero-order chi connectivity index (χ0) is 38.2. The first-order valence-corrected chi connectivity index (χ1v) is 23.6. The Hall–Kier alpha value is -1.10. The number of ether oxygens (including phenoxy) is 2. The van der Waals surface area contributed by atoms with E-state index in [0.29, 0.717) is 19.4 Å². The molecule has 0 N–H and O–H groups in total. The van der Waals surface area contributed by atoms with E-state index in [1.165, 1.54) is 180 Å². The highest BCUT2D eigenvalue weighted by Gasteiger charge is 2.31. The Kier molecular flexibility index (Phi) is 38.8. The number of hydrogen-bond acceptors (Lipinski definition) is 5. The quantitative estimate of drug-likeness (QED) is 0.0461. The van der Waals surface area contributed by atoms with Crippen molar-refractivity contribution in [3.8, 4) is 0 Å². The van der Waals surface area contributed by atoms with Crippen molar-refractivity contribution in [2.75, 3.05) is 26.2 Å². The third-order valence-corrected chi connectivity index (χ3v) is 11.2. The van der Waals surface area contributed by atoms with E-state index in [-0.39, 0.29) is 17.5 Å². The highest BCUT2D eigenvalue weighted by molar-refractivity contribution is 5.70. The third kappa shape index (κ3) is 33.5. The van der Waals surface area contributed by atoms with Gasteiger partial charge < -0.3 is 14.4 Å². The SMILES string of the molecule is CCCCCCCCCOC(=O)CCCCCCCN(CCC)CCCCCCCC(=O)OC(CC)(CCCCCCCC)CCCCCCCC. The zero-order valence-corrected chi connectivity index (χ0v) is 36.2. The summed E-state index contributed by atoms with van der Waals surface area (Å²) >= 11 is 0. The molecule has 0 bridgehead atoms. The summed E-state index contributed by atoms with van der Waals surface area (Å²) in [4.78, 5) is 27.7. The van der Waals surface area contributed by atoms with Gasteiger partial charge in [-0.3, -0.25) is 9.59 Å². The molecule has 0 amide bonds. The van der Waals surface area contributed by atoms with E-state index in [1.54, 1.807) is 0 Å². The van der Waals surface area contributed by atoms with Crippen LogP contribution in [-0.2, 0) is 19.1 Å². The Morgan fingerprint density at radius 1 is 0.404 bits per heavy atom. The van der Waals surface area contributed by atoms with Crippen molar-refractivity contribution in [3.05, 3.63) is 0 Å². The number of nitrogens with zero attached hydrogens (tertiary/aromatic N) is 1. The molecule has 0 heterocycles. The van der Waals surface area contributed by atoms with Crippen LogP contribution in [0.4, 0.5) is 0 Å². The number of hydrogen-bond donors (Lipinski definition) is 0. The Labute approximate surface area is 326 Å². The van der Waals surface area contributed by atoms with Crippen molar-refractivity contribution in [1.82, 2.24) is 4.90 Å². The first-order chi connectivity index (χ1) is 25.5. The molecule has 0 spiro atoms. The average molecular weight is 736 g/mol. The molecule has 0 rings (SSSR count). The summed E-state index contributed by atoms with van der Waals surface area (Å²) in [7, 11) is 0. The van der Waals surface area contributed by atoms with Crippen molar-refractivity contribution >= 4 is 11.9 Å². The fourth-order valence-corrected chi connectivity index (χ4v) is 7.64. The van der Waals surface area contributed by atoms with Gasteiger partial charge in [0, 0.05) is 12.8 Å². The van der Waals surface area contributed by atoms with Gasteiger partial charge in [-0.1, -0.05) is 176 Å². The molecule has 0 aromatic carbocycles. The largest absolute Gasteiger partial charge is 0.466 e. The molecule has 0 aliphatic rings. The predicted octanol–water partition coefficient (Wildman–Crippen LogP) is 14.9. The van der Waals surface area contributed by atoms with Crippen LogP contribution in [0.15, 0.2) is 0 Å².